The topological polar surface area (TPSA) is 102 Å². The van der Waals surface area contributed by atoms with Gasteiger partial charge in [0.1, 0.15) is 0 Å². The van der Waals surface area contributed by atoms with Crippen molar-refractivity contribution in [3.8, 4) is 0 Å². The predicted molar refractivity (Wildman–Crippen MR) is 121 cm³/mol. The highest BCUT2D eigenvalue weighted by atomic mass is 32.2. The molecule has 0 radical (unpaired) electrons. The molecule has 0 aliphatic heterocycles. The standard InChI is InChI=1S/C19H33N2O4S2/c1-4-26(11-8-12-27(23)24)25-16-19(2,3)15-21(22)14-18(20)13-17-9-6-5-7-10-17/h4-7,9-10,12,18,23-24H,8,11,13-16,20H2,1-3H3/q-1/t18-,26?/m0/s1. The molecule has 27 heavy (non-hydrogen) atoms. The number of hydrogen-bond acceptors (Lipinski definition) is 6. The third-order valence-corrected chi connectivity index (χ3v) is 5.95. The van der Waals surface area contributed by atoms with Gasteiger partial charge in [-0.3, -0.25) is 0 Å². The highest BCUT2D eigenvalue weighted by molar-refractivity contribution is 8.10. The van der Waals surface area contributed by atoms with Crippen LogP contribution in [0, 0.1) is 10.6 Å². The van der Waals surface area contributed by atoms with E-state index in [1.807, 2.05) is 56.5 Å². The smallest absolute Gasteiger partial charge is 0.0669 e. The Balaban J connectivity index is 2.40. The number of nitrogens with zero attached hydrogens (tertiary/aromatic N) is 1. The number of hydrogen-bond donors (Lipinski definition) is 3. The van der Waals surface area contributed by atoms with E-state index in [1.54, 1.807) is 0 Å². The first-order valence-electron chi connectivity index (χ1n) is 9.00. The lowest BCUT2D eigenvalue weighted by atomic mass is 9.94. The Morgan fingerprint density at radius 2 is 1.96 bits per heavy atom. The third-order valence-electron chi connectivity index (χ3n) is 3.83. The minimum absolute atomic E-state index is 0.207. The van der Waals surface area contributed by atoms with Crippen LogP contribution >= 0.6 is 21.8 Å². The first kappa shape index (κ1) is 24.5. The molecule has 156 valence electrons. The Labute approximate surface area is 168 Å². The van der Waals surface area contributed by atoms with Gasteiger partial charge in [0.05, 0.1) is 17.7 Å². The molecule has 1 unspecified atom stereocenters. The molecule has 0 amide bonds. The van der Waals surface area contributed by atoms with Crippen molar-refractivity contribution < 1.29 is 13.3 Å². The number of hydroxylamine groups is 2. The summed E-state index contributed by atoms with van der Waals surface area (Å²) in [5, 5.41) is 16.8. The van der Waals surface area contributed by atoms with Crippen LogP contribution in [0.2, 0.25) is 0 Å². The van der Waals surface area contributed by atoms with Crippen molar-refractivity contribution in [2.45, 2.75) is 39.7 Å². The quantitative estimate of drug-likeness (QED) is 0.353. The molecule has 2 atom stereocenters. The van der Waals surface area contributed by atoms with Crippen LogP contribution in [0.1, 0.15) is 32.8 Å². The van der Waals surface area contributed by atoms with Crippen LogP contribution in [-0.2, 0) is 10.6 Å². The lowest BCUT2D eigenvalue weighted by molar-refractivity contribution is 0.151. The van der Waals surface area contributed by atoms with E-state index >= 15 is 0 Å². The largest absolute Gasteiger partial charge is 0.785 e. The molecule has 1 aromatic carbocycles. The molecule has 0 heterocycles. The molecule has 0 bridgehead atoms. The molecule has 1 rings (SSSR count). The van der Waals surface area contributed by atoms with Crippen molar-refractivity contribution in [2.24, 2.45) is 11.1 Å². The Hall–Kier alpha value is -0.580. The van der Waals surface area contributed by atoms with E-state index in [0.717, 1.165) is 10.6 Å². The van der Waals surface area contributed by atoms with E-state index in [2.05, 4.69) is 0 Å². The molecule has 0 aliphatic rings. The van der Waals surface area contributed by atoms with Gasteiger partial charge >= 0.3 is 0 Å². The highest BCUT2D eigenvalue weighted by Gasteiger charge is 2.20. The summed E-state index contributed by atoms with van der Waals surface area (Å²) in [5.74, 6) is 0.709. The summed E-state index contributed by atoms with van der Waals surface area (Å²) < 4.78 is 23.7. The first-order chi connectivity index (χ1) is 12.7. The van der Waals surface area contributed by atoms with Crippen LogP contribution in [0.4, 0.5) is 0 Å². The summed E-state index contributed by atoms with van der Waals surface area (Å²) in [4.78, 5) is 0. The van der Waals surface area contributed by atoms with Gasteiger partial charge in [-0.15, -0.1) is 0 Å². The molecule has 0 aliphatic carbocycles. The average Bonchev–Trinajstić information content (AvgIpc) is 2.57. The van der Waals surface area contributed by atoms with E-state index in [1.165, 1.54) is 5.37 Å². The summed E-state index contributed by atoms with van der Waals surface area (Å²) in [6, 6.07) is 9.73. The maximum absolute atomic E-state index is 12.3. The summed E-state index contributed by atoms with van der Waals surface area (Å²) in [7, 11) is -0.366. The molecule has 0 aromatic heterocycles. The summed E-state index contributed by atoms with van der Waals surface area (Å²) >= 11 is -1.63. The Kier molecular flexibility index (Phi) is 11.6. The molecule has 0 spiro atoms. The van der Waals surface area contributed by atoms with E-state index in [-0.39, 0.29) is 28.8 Å². The second-order valence-electron chi connectivity index (χ2n) is 7.27. The van der Waals surface area contributed by atoms with Crippen molar-refractivity contribution in [1.82, 2.24) is 5.06 Å². The minimum atomic E-state index is -1.63. The Morgan fingerprint density at radius 3 is 2.56 bits per heavy atom. The van der Waals surface area contributed by atoms with Gasteiger partial charge in [-0.1, -0.05) is 54.9 Å². The third kappa shape index (κ3) is 11.8. The van der Waals surface area contributed by atoms with Crippen molar-refractivity contribution >= 4 is 32.5 Å². The zero-order valence-corrected chi connectivity index (χ0v) is 18.0. The van der Waals surface area contributed by atoms with Crippen molar-refractivity contribution in [1.29, 1.82) is 0 Å². The molecule has 0 saturated heterocycles. The molecule has 6 nitrogen and oxygen atoms in total. The number of nitrogens with two attached hydrogens (primary N) is 1. The summed E-state index contributed by atoms with van der Waals surface area (Å²) in [6.07, 6.45) is 1.25. The average molecular weight is 418 g/mol. The maximum Gasteiger partial charge on any atom is 0.0669 e. The summed E-state index contributed by atoms with van der Waals surface area (Å²) in [5.41, 5.74) is 6.96. The lowest BCUT2D eigenvalue weighted by Crippen LogP contribution is -2.41. The second-order valence-corrected chi connectivity index (χ2v) is 10.1. The molecule has 8 heteroatoms. The van der Waals surface area contributed by atoms with Gasteiger partial charge in [-0.25, -0.2) is 0 Å². The molecule has 0 saturated carbocycles. The van der Waals surface area contributed by atoms with Gasteiger partial charge in [0.2, 0.25) is 0 Å². The first-order valence-corrected chi connectivity index (χ1v) is 11.6. The van der Waals surface area contributed by atoms with E-state index < -0.39 is 11.0 Å². The monoisotopic (exact) mass is 417 g/mol. The zero-order valence-electron chi connectivity index (χ0n) is 16.4. The predicted octanol–water partition coefficient (Wildman–Crippen LogP) is 3.81. The molecular formula is C19H33N2O4S2-. The molecule has 1 aromatic rings. The highest BCUT2D eigenvalue weighted by Crippen LogP contribution is 2.24. The molecular weight excluding hydrogens is 384 g/mol. The van der Waals surface area contributed by atoms with Crippen LogP contribution in [-0.4, -0.2) is 56.4 Å². The van der Waals surface area contributed by atoms with Crippen LogP contribution < -0.4 is 5.73 Å². The van der Waals surface area contributed by atoms with Crippen LogP contribution in [0.15, 0.2) is 30.3 Å². The van der Waals surface area contributed by atoms with Crippen molar-refractivity contribution in [2.75, 3.05) is 25.4 Å². The fraction of sp³-hybridized carbons (Fsp3) is 0.579. The van der Waals surface area contributed by atoms with E-state index in [9.17, 15) is 5.21 Å². The van der Waals surface area contributed by atoms with Crippen LogP contribution in [0.5, 0.6) is 0 Å². The molecule has 0 fully saturated rings. The Morgan fingerprint density at radius 1 is 1.30 bits per heavy atom. The van der Waals surface area contributed by atoms with Crippen molar-refractivity contribution in [3.05, 3.63) is 41.1 Å². The van der Waals surface area contributed by atoms with E-state index in [4.69, 9.17) is 19.0 Å². The van der Waals surface area contributed by atoms with Crippen LogP contribution in [0.3, 0.4) is 0 Å². The normalized spacial score (nSPS) is 14.7. The van der Waals surface area contributed by atoms with Crippen LogP contribution in [0.25, 0.3) is 0 Å². The Bertz CT molecular complexity index is 605. The SMILES string of the molecule is C/C=S(/CCC=S(O)O)OCC(C)(C)CN([O-])C[C@@H](N)Cc1ccccc1. The lowest BCUT2D eigenvalue weighted by Gasteiger charge is -2.38. The zero-order chi connectivity index (χ0) is 20.3. The minimum Gasteiger partial charge on any atom is -0.785 e. The van der Waals surface area contributed by atoms with Gasteiger partial charge in [0.15, 0.2) is 0 Å². The number of benzene rings is 1. The fourth-order valence-corrected chi connectivity index (χ4v) is 4.37. The van der Waals surface area contributed by atoms with Gasteiger partial charge in [0, 0.05) is 23.8 Å². The second kappa shape index (κ2) is 12.8. The van der Waals surface area contributed by atoms with Gasteiger partial charge in [-0.2, -0.15) is 0 Å². The van der Waals surface area contributed by atoms with E-state index in [0.29, 0.717) is 31.7 Å². The fourth-order valence-electron chi connectivity index (χ4n) is 2.58. The number of rotatable bonds is 12. The maximum atomic E-state index is 12.3. The van der Waals surface area contributed by atoms with Gasteiger partial charge < -0.3 is 29.3 Å². The van der Waals surface area contributed by atoms with Gasteiger partial charge in [-0.05, 0) is 42.6 Å². The summed E-state index contributed by atoms with van der Waals surface area (Å²) in [6.45, 7) is 7.02. The van der Waals surface area contributed by atoms with Crippen molar-refractivity contribution in [3.63, 3.8) is 0 Å². The van der Waals surface area contributed by atoms with Gasteiger partial charge in [0.25, 0.3) is 0 Å². The molecule has 4 N–H and O–H groups in total.